The molecular weight excluding hydrogens is 1150 g/mol. The molecule has 7 atom stereocenters. The van der Waals surface area contributed by atoms with Gasteiger partial charge in [-0.1, -0.05) is 464 Å². The fraction of sp³-hybridized carbons (Fsp3) is 0.989. The molecule has 0 aliphatic heterocycles. The molecule has 4 nitrogen and oxygen atoms in total. The van der Waals surface area contributed by atoms with E-state index in [9.17, 15) is 15.0 Å². The standard InChI is InChI=1S/C88H174O4S/c1-5-6-7-8-9-10-11-12-13-24-32-39-46-53-60-67-74-82(3)87(92-4)78-71-64-57-50-43-36-29-28-31-38-45-52-59-66-73-81(2)85-80-83(85)75-68-61-54-47-40-33-25-21-22-27-35-42-49-56-63-70-77-86(89)84(88(90)91)76-69-62-55-48-41-34-26-20-18-16-14-15-17-19-23-30-37-44-51-58-65-72-79-93/h81-87,89,93H,5-80H2,1-4H3,(H,90,91)/t81-,82-,83+,84+,85?,86+,87-/m0/s1. The predicted molar refractivity (Wildman–Crippen MR) is 419 cm³/mol. The van der Waals surface area contributed by atoms with E-state index >= 15 is 0 Å². The van der Waals surface area contributed by atoms with Gasteiger partial charge in [-0.3, -0.25) is 4.79 Å². The largest absolute Gasteiger partial charge is 0.481 e. The van der Waals surface area contributed by atoms with Crippen LogP contribution in [0.4, 0.5) is 0 Å². The Balaban J connectivity index is 1.78. The number of aliphatic hydroxyl groups excluding tert-OH is 1. The van der Waals surface area contributed by atoms with Gasteiger partial charge in [-0.25, -0.2) is 0 Å². The Kier molecular flexibility index (Phi) is 72.6. The third-order valence-electron chi connectivity index (χ3n) is 23.1. The smallest absolute Gasteiger partial charge is 0.309 e. The van der Waals surface area contributed by atoms with E-state index in [1.54, 1.807) is 0 Å². The van der Waals surface area contributed by atoms with Crippen molar-refractivity contribution < 1.29 is 19.7 Å². The molecule has 0 saturated heterocycles. The van der Waals surface area contributed by atoms with Crippen LogP contribution < -0.4 is 0 Å². The van der Waals surface area contributed by atoms with Gasteiger partial charge in [0.15, 0.2) is 0 Å². The lowest BCUT2D eigenvalue weighted by molar-refractivity contribution is -0.146. The van der Waals surface area contributed by atoms with Gasteiger partial charge in [0, 0.05) is 7.11 Å². The van der Waals surface area contributed by atoms with E-state index in [4.69, 9.17) is 4.74 Å². The van der Waals surface area contributed by atoms with Crippen molar-refractivity contribution in [3.8, 4) is 0 Å². The number of rotatable bonds is 82. The summed E-state index contributed by atoms with van der Waals surface area (Å²) in [4.78, 5) is 12.0. The fourth-order valence-corrected chi connectivity index (χ4v) is 16.4. The van der Waals surface area contributed by atoms with Crippen molar-refractivity contribution in [3.05, 3.63) is 0 Å². The minimum absolute atomic E-state index is 0.470. The minimum Gasteiger partial charge on any atom is -0.481 e. The molecule has 1 fully saturated rings. The molecule has 1 aliphatic carbocycles. The quantitative estimate of drug-likeness (QED) is 0.0419. The number of methoxy groups -OCH3 is 1. The molecule has 1 rings (SSSR count). The number of aliphatic hydroxyl groups is 1. The summed E-state index contributed by atoms with van der Waals surface area (Å²) in [6, 6.07) is 0. The van der Waals surface area contributed by atoms with Crippen LogP contribution in [0.1, 0.15) is 502 Å². The van der Waals surface area contributed by atoms with Gasteiger partial charge in [-0.15, -0.1) is 0 Å². The molecule has 0 aromatic rings. The molecule has 0 amide bonds. The second kappa shape index (κ2) is 74.4. The highest BCUT2D eigenvalue weighted by Gasteiger charge is 2.39. The molecule has 556 valence electrons. The van der Waals surface area contributed by atoms with E-state index in [2.05, 4.69) is 33.4 Å². The first-order valence-corrected chi connectivity index (χ1v) is 44.5. The van der Waals surface area contributed by atoms with Crippen molar-refractivity contribution in [1.29, 1.82) is 0 Å². The van der Waals surface area contributed by atoms with E-state index in [0.29, 0.717) is 24.9 Å². The maximum atomic E-state index is 12.0. The summed E-state index contributed by atoms with van der Waals surface area (Å²) in [6.45, 7) is 7.34. The first-order valence-electron chi connectivity index (χ1n) is 43.9. The van der Waals surface area contributed by atoms with Gasteiger partial charge in [0.05, 0.1) is 18.1 Å². The Labute approximate surface area is 592 Å². The van der Waals surface area contributed by atoms with Crippen LogP contribution in [0.5, 0.6) is 0 Å². The molecule has 1 aliphatic rings. The lowest BCUT2D eigenvalue weighted by Gasteiger charge is -2.22. The Morgan fingerprint density at radius 1 is 0.344 bits per heavy atom. The lowest BCUT2D eigenvalue weighted by atomic mass is 9.91. The number of thiol groups is 1. The van der Waals surface area contributed by atoms with Crippen molar-refractivity contribution in [2.75, 3.05) is 12.9 Å². The number of carbonyl (C=O) groups is 1. The van der Waals surface area contributed by atoms with Crippen LogP contribution in [-0.4, -0.2) is 41.3 Å². The van der Waals surface area contributed by atoms with Crippen molar-refractivity contribution >= 4 is 18.6 Å². The van der Waals surface area contributed by atoms with Crippen LogP contribution in [0.25, 0.3) is 0 Å². The SMILES string of the molecule is CCCCCCCCCCCCCCCCCC[C@H](C)[C@H](CCCCCCCCCCCCCCCC[C@H](C)C1C[C@H]1CCCCCCCCCCCCCCCCCC[C@@H](O)[C@@H](CCCCCCCCCCCCCCCCCCCCCCCCS)C(=O)O)OC. The molecule has 93 heavy (non-hydrogen) atoms. The summed E-state index contributed by atoms with van der Waals surface area (Å²) in [5, 5.41) is 20.6. The van der Waals surface area contributed by atoms with Gasteiger partial charge in [0.2, 0.25) is 0 Å². The highest BCUT2D eigenvalue weighted by Crippen LogP contribution is 2.49. The maximum absolute atomic E-state index is 12.0. The summed E-state index contributed by atoms with van der Waals surface area (Å²) in [5.74, 6) is 3.46. The van der Waals surface area contributed by atoms with Gasteiger partial charge in [0.1, 0.15) is 0 Å². The van der Waals surface area contributed by atoms with Gasteiger partial charge in [0.25, 0.3) is 0 Å². The Morgan fingerprint density at radius 3 is 0.882 bits per heavy atom. The molecule has 0 aromatic heterocycles. The zero-order chi connectivity index (χ0) is 67.1. The number of aliphatic carboxylic acids is 1. The van der Waals surface area contributed by atoms with Crippen LogP contribution in [0.3, 0.4) is 0 Å². The summed E-state index contributed by atoms with van der Waals surface area (Å²) < 4.78 is 5.99. The van der Waals surface area contributed by atoms with E-state index in [1.807, 2.05) is 7.11 Å². The molecule has 1 unspecified atom stereocenters. The third kappa shape index (κ3) is 64.8. The van der Waals surface area contributed by atoms with Crippen LogP contribution in [0.2, 0.25) is 0 Å². The normalized spacial score (nSPS) is 15.7. The van der Waals surface area contributed by atoms with Crippen LogP contribution in [-0.2, 0) is 9.53 Å². The van der Waals surface area contributed by atoms with Gasteiger partial charge >= 0.3 is 5.97 Å². The summed E-state index contributed by atoms with van der Waals surface area (Å²) >= 11 is 4.31. The Hall–Kier alpha value is -0.260. The first kappa shape index (κ1) is 90.8. The highest BCUT2D eigenvalue weighted by molar-refractivity contribution is 7.80. The van der Waals surface area contributed by atoms with Crippen LogP contribution in [0.15, 0.2) is 0 Å². The minimum atomic E-state index is -0.799. The van der Waals surface area contributed by atoms with E-state index in [-0.39, 0.29) is 0 Å². The third-order valence-corrected chi connectivity index (χ3v) is 23.4. The van der Waals surface area contributed by atoms with E-state index in [1.165, 1.54) is 443 Å². The fourth-order valence-electron chi connectivity index (χ4n) is 16.2. The van der Waals surface area contributed by atoms with Crippen molar-refractivity contribution in [2.45, 2.75) is 515 Å². The van der Waals surface area contributed by atoms with Crippen molar-refractivity contribution in [1.82, 2.24) is 0 Å². The van der Waals surface area contributed by atoms with E-state index in [0.717, 1.165) is 49.2 Å². The molecule has 0 heterocycles. The number of hydrogen-bond donors (Lipinski definition) is 3. The molecule has 0 bridgehead atoms. The van der Waals surface area contributed by atoms with Gasteiger partial charge in [-0.05, 0) is 67.9 Å². The Bertz CT molecular complexity index is 1420. The first-order chi connectivity index (χ1) is 45.8. The van der Waals surface area contributed by atoms with Crippen LogP contribution >= 0.6 is 12.6 Å². The number of hydrogen-bond acceptors (Lipinski definition) is 4. The monoisotopic (exact) mass is 1330 g/mol. The predicted octanol–water partition coefficient (Wildman–Crippen LogP) is 30.8. The zero-order valence-electron chi connectivity index (χ0n) is 64.4. The second-order valence-corrected chi connectivity index (χ2v) is 32.5. The maximum Gasteiger partial charge on any atom is 0.309 e. The van der Waals surface area contributed by atoms with E-state index < -0.39 is 18.0 Å². The summed E-state index contributed by atoms with van der Waals surface area (Å²) in [5.41, 5.74) is 0. The number of carboxylic acid groups (broad SMARTS) is 1. The number of carboxylic acids is 1. The summed E-state index contributed by atoms with van der Waals surface area (Å²) in [7, 11) is 1.96. The topological polar surface area (TPSA) is 66.8 Å². The average Bonchev–Trinajstić information content (AvgIpc) is 1.91. The highest BCUT2D eigenvalue weighted by atomic mass is 32.1. The number of ether oxygens (including phenoxy) is 1. The molecule has 5 heteroatoms. The van der Waals surface area contributed by atoms with Crippen molar-refractivity contribution in [3.63, 3.8) is 0 Å². The molecule has 0 spiro atoms. The van der Waals surface area contributed by atoms with Crippen LogP contribution in [0, 0.1) is 29.6 Å². The summed E-state index contributed by atoms with van der Waals surface area (Å²) in [6.07, 6.45) is 103. The molecule has 0 radical (unpaired) electrons. The van der Waals surface area contributed by atoms with Gasteiger partial charge in [-0.2, -0.15) is 12.6 Å². The number of unbranched alkanes of at least 4 members (excludes halogenated alkanes) is 64. The van der Waals surface area contributed by atoms with Crippen molar-refractivity contribution in [2.24, 2.45) is 29.6 Å². The zero-order valence-corrected chi connectivity index (χ0v) is 65.3. The molecule has 1 saturated carbocycles. The lowest BCUT2D eigenvalue weighted by Crippen LogP contribution is -2.28. The average molecular weight is 1330 g/mol. The Morgan fingerprint density at radius 2 is 0.591 bits per heavy atom. The molecule has 0 aromatic carbocycles. The molecular formula is C88H174O4S. The van der Waals surface area contributed by atoms with Gasteiger partial charge < -0.3 is 14.9 Å². The second-order valence-electron chi connectivity index (χ2n) is 32.0. The molecule has 2 N–H and O–H groups in total.